The predicted octanol–water partition coefficient (Wildman–Crippen LogP) is 1.82. The van der Waals surface area contributed by atoms with Crippen LogP contribution in [0.2, 0.25) is 0 Å². The molecule has 0 spiro atoms. The Balaban J connectivity index is 0.000000878. The summed E-state index contributed by atoms with van der Waals surface area (Å²) < 4.78 is 3.75. The van der Waals surface area contributed by atoms with Crippen LogP contribution in [-0.2, 0) is 18.4 Å². The van der Waals surface area contributed by atoms with Crippen LogP contribution in [0.15, 0.2) is 53.7 Å². The quantitative estimate of drug-likeness (QED) is 0.670. The molecule has 2 aromatic heterocycles. The Kier molecular flexibility index (Phi) is 6.86. The second-order valence-corrected chi connectivity index (χ2v) is 6.10. The molecule has 0 aliphatic carbocycles. The van der Waals surface area contributed by atoms with Gasteiger partial charge in [0.2, 0.25) is 0 Å². The zero-order chi connectivity index (χ0) is 20.7. The smallest absolute Gasteiger partial charge is 0.290 e. The van der Waals surface area contributed by atoms with Gasteiger partial charge in [0.05, 0.1) is 0 Å². The molecule has 0 bridgehead atoms. The Morgan fingerprint density at radius 2 is 1.89 bits per heavy atom. The summed E-state index contributed by atoms with van der Waals surface area (Å²) in [7, 11) is 1.81. The molecule has 0 saturated heterocycles. The van der Waals surface area contributed by atoms with Gasteiger partial charge < -0.3 is 19.6 Å². The van der Waals surface area contributed by atoms with Crippen LogP contribution in [0.4, 0.5) is 0 Å². The minimum atomic E-state index is -0.366. The monoisotopic (exact) mass is 382 g/mol. The molecule has 0 aliphatic heterocycles. The molecule has 2 heterocycles. The number of carboxylic acid groups (broad SMARTS) is 1. The van der Waals surface area contributed by atoms with E-state index in [0.29, 0.717) is 6.54 Å². The number of rotatable bonds is 4. The van der Waals surface area contributed by atoms with Crippen LogP contribution in [0, 0.1) is 13.8 Å². The third-order valence-corrected chi connectivity index (χ3v) is 4.22. The molecule has 2 N–H and O–H groups in total. The zero-order valence-corrected chi connectivity index (χ0v) is 15.9. The topological polar surface area (TPSA) is 106 Å². The highest BCUT2D eigenvalue weighted by atomic mass is 16.3. The molecule has 146 valence electrons. The minimum absolute atomic E-state index is 0.152. The molecule has 0 fully saturated rings. The fraction of sp³-hybridized carbons (Fsp3) is 0.200. The van der Waals surface area contributed by atoms with E-state index in [1.54, 1.807) is 17.0 Å². The molecule has 8 nitrogen and oxygen atoms in total. The van der Waals surface area contributed by atoms with Crippen molar-refractivity contribution in [2.45, 2.75) is 20.4 Å². The van der Waals surface area contributed by atoms with Gasteiger partial charge >= 0.3 is 0 Å². The van der Waals surface area contributed by atoms with Crippen molar-refractivity contribution in [1.29, 1.82) is 0 Å². The van der Waals surface area contributed by atoms with Gasteiger partial charge in [-0.25, -0.2) is 4.98 Å². The van der Waals surface area contributed by atoms with Crippen LogP contribution in [0.5, 0.6) is 0 Å². The van der Waals surface area contributed by atoms with Gasteiger partial charge in [0.25, 0.3) is 12.4 Å². The molecule has 0 saturated carbocycles. The molecule has 1 aromatic carbocycles. The van der Waals surface area contributed by atoms with Gasteiger partial charge in [0.15, 0.2) is 5.43 Å². The number of benzene rings is 1. The van der Waals surface area contributed by atoms with Gasteiger partial charge in [-0.05, 0) is 31.5 Å². The van der Waals surface area contributed by atoms with Crippen molar-refractivity contribution in [2.75, 3.05) is 0 Å². The van der Waals surface area contributed by atoms with E-state index >= 15 is 0 Å². The van der Waals surface area contributed by atoms with Gasteiger partial charge in [-0.2, -0.15) is 0 Å². The van der Waals surface area contributed by atoms with E-state index in [1.807, 2.05) is 55.9 Å². The normalized spacial score (nSPS) is 9.96. The molecule has 0 atom stereocenters. The molecule has 0 unspecified atom stereocenters. The van der Waals surface area contributed by atoms with Gasteiger partial charge in [-0.3, -0.25) is 14.4 Å². The van der Waals surface area contributed by atoms with Crippen LogP contribution < -0.4 is 10.7 Å². The van der Waals surface area contributed by atoms with Gasteiger partial charge in [0, 0.05) is 49.6 Å². The number of hydrogen-bond acceptors (Lipinski definition) is 4. The lowest BCUT2D eigenvalue weighted by Crippen LogP contribution is -2.29. The standard InChI is InChI=1S/C19H20N4O2.CH2O2/c1-13-10-18(24)17(12-22(13)3)19(25)21-11-15-4-6-16(7-5-15)23-9-8-20-14(23)2;2-1-3/h4-10,12H,11H2,1-3H3,(H,21,25);1H,(H,2,3). The van der Waals surface area contributed by atoms with Crippen molar-refractivity contribution in [3.05, 3.63) is 81.8 Å². The fourth-order valence-electron chi connectivity index (χ4n) is 2.60. The van der Waals surface area contributed by atoms with E-state index in [0.717, 1.165) is 22.8 Å². The summed E-state index contributed by atoms with van der Waals surface area (Å²) in [6.45, 7) is 3.88. The molecule has 28 heavy (non-hydrogen) atoms. The van der Waals surface area contributed by atoms with Crippen molar-refractivity contribution >= 4 is 12.4 Å². The van der Waals surface area contributed by atoms with Crippen molar-refractivity contribution in [3.8, 4) is 5.69 Å². The van der Waals surface area contributed by atoms with Gasteiger partial charge in [-0.15, -0.1) is 0 Å². The molecule has 1 amide bonds. The highest BCUT2D eigenvalue weighted by Gasteiger charge is 2.11. The summed E-state index contributed by atoms with van der Waals surface area (Å²) in [6, 6.07) is 9.31. The van der Waals surface area contributed by atoms with Crippen LogP contribution in [0.1, 0.15) is 27.4 Å². The van der Waals surface area contributed by atoms with E-state index < -0.39 is 0 Å². The lowest BCUT2D eigenvalue weighted by Gasteiger charge is -2.09. The first-order chi connectivity index (χ1) is 13.4. The summed E-state index contributed by atoms with van der Waals surface area (Å²) in [4.78, 5) is 36.8. The molecule has 3 rings (SSSR count). The zero-order valence-electron chi connectivity index (χ0n) is 15.9. The van der Waals surface area contributed by atoms with Crippen LogP contribution >= 0.6 is 0 Å². The van der Waals surface area contributed by atoms with E-state index in [4.69, 9.17) is 9.90 Å². The third-order valence-electron chi connectivity index (χ3n) is 4.22. The summed E-state index contributed by atoms with van der Waals surface area (Å²) in [5.41, 5.74) is 2.67. The highest BCUT2D eigenvalue weighted by Crippen LogP contribution is 2.11. The second kappa shape index (κ2) is 9.31. The number of nitrogens with zero attached hydrogens (tertiary/aromatic N) is 3. The largest absolute Gasteiger partial charge is 0.483 e. The Hall–Kier alpha value is -3.68. The van der Waals surface area contributed by atoms with E-state index in [1.165, 1.54) is 6.07 Å². The highest BCUT2D eigenvalue weighted by molar-refractivity contribution is 5.93. The Labute approximate surface area is 162 Å². The first kappa shape index (κ1) is 20.6. The maximum Gasteiger partial charge on any atom is 0.290 e. The first-order valence-corrected chi connectivity index (χ1v) is 8.50. The van der Waals surface area contributed by atoms with Crippen LogP contribution in [0.3, 0.4) is 0 Å². The molecule has 0 radical (unpaired) electrons. The van der Waals surface area contributed by atoms with Gasteiger partial charge in [0.1, 0.15) is 11.4 Å². The average Bonchev–Trinajstić information content (AvgIpc) is 3.10. The Bertz CT molecular complexity index is 1020. The summed E-state index contributed by atoms with van der Waals surface area (Å²) >= 11 is 0. The second-order valence-electron chi connectivity index (χ2n) is 6.10. The predicted molar refractivity (Wildman–Crippen MR) is 105 cm³/mol. The number of nitrogens with one attached hydrogen (secondary N) is 1. The van der Waals surface area contributed by atoms with E-state index in [-0.39, 0.29) is 23.4 Å². The van der Waals surface area contributed by atoms with Crippen LogP contribution in [-0.4, -0.2) is 31.6 Å². The minimum Gasteiger partial charge on any atom is -0.483 e. The molecular weight excluding hydrogens is 360 g/mol. The number of amides is 1. The lowest BCUT2D eigenvalue weighted by molar-refractivity contribution is -0.122. The number of carbonyl (C=O) groups is 2. The number of aryl methyl sites for hydroxylation is 3. The maximum absolute atomic E-state index is 12.3. The maximum atomic E-state index is 12.3. The number of imidazole rings is 1. The Morgan fingerprint density at radius 3 is 2.46 bits per heavy atom. The number of hydrogen-bond donors (Lipinski definition) is 2. The lowest BCUT2D eigenvalue weighted by atomic mass is 10.2. The summed E-state index contributed by atoms with van der Waals surface area (Å²) in [5, 5.41) is 9.69. The van der Waals surface area contributed by atoms with E-state index in [2.05, 4.69) is 10.3 Å². The fourth-order valence-corrected chi connectivity index (χ4v) is 2.60. The molecule has 3 aromatic rings. The van der Waals surface area contributed by atoms with Crippen molar-refractivity contribution in [1.82, 2.24) is 19.4 Å². The third kappa shape index (κ3) is 4.94. The number of aromatic nitrogens is 3. The molecule has 8 heteroatoms. The average molecular weight is 382 g/mol. The molecular formula is C20H22N4O4. The SMILES string of the molecule is Cc1cc(=O)c(C(=O)NCc2ccc(-n3ccnc3C)cc2)cn1C.O=CO. The Morgan fingerprint density at radius 1 is 1.25 bits per heavy atom. The number of carbonyl (C=O) groups excluding carboxylic acids is 1. The van der Waals surface area contributed by atoms with Gasteiger partial charge in [-0.1, -0.05) is 12.1 Å². The summed E-state index contributed by atoms with van der Waals surface area (Å²) in [6.07, 6.45) is 5.22. The molecule has 0 aliphatic rings. The van der Waals surface area contributed by atoms with Crippen LogP contribution in [0.25, 0.3) is 5.69 Å². The number of pyridine rings is 1. The van der Waals surface area contributed by atoms with Crippen molar-refractivity contribution in [3.63, 3.8) is 0 Å². The summed E-state index contributed by atoms with van der Waals surface area (Å²) in [5.74, 6) is 0.548. The van der Waals surface area contributed by atoms with E-state index in [9.17, 15) is 9.59 Å². The van der Waals surface area contributed by atoms with Crippen molar-refractivity contribution in [2.24, 2.45) is 7.05 Å². The van der Waals surface area contributed by atoms with Crippen molar-refractivity contribution < 1.29 is 14.7 Å². The first-order valence-electron chi connectivity index (χ1n) is 8.50.